The van der Waals surface area contributed by atoms with E-state index in [2.05, 4.69) is 10.3 Å². The smallest absolute Gasteiger partial charge is 0.293 e. The van der Waals surface area contributed by atoms with E-state index in [1.165, 1.54) is 26.2 Å². The third kappa shape index (κ3) is 2.45. The zero-order valence-electron chi connectivity index (χ0n) is 13.2. The van der Waals surface area contributed by atoms with Gasteiger partial charge in [-0.05, 0) is 24.6 Å². The molecule has 3 aromatic rings. The fourth-order valence-electron chi connectivity index (χ4n) is 2.41. The summed E-state index contributed by atoms with van der Waals surface area (Å²) in [7, 11) is 2.61. The van der Waals surface area contributed by atoms with E-state index in [9.17, 15) is 18.4 Å². The lowest BCUT2D eigenvalue weighted by atomic mass is 10.2. The van der Waals surface area contributed by atoms with E-state index in [0.29, 0.717) is 0 Å². The third-order valence-electron chi connectivity index (χ3n) is 3.80. The van der Waals surface area contributed by atoms with Crippen molar-refractivity contribution in [1.82, 2.24) is 14.1 Å². The van der Waals surface area contributed by atoms with Gasteiger partial charge in [0.2, 0.25) is 0 Å². The first kappa shape index (κ1) is 15.9. The number of hydrogen-bond acceptors (Lipinski definition) is 4. The molecule has 3 rings (SSSR count). The zero-order valence-corrected chi connectivity index (χ0v) is 13.2. The Morgan fingerprint density at radius 1 is 1.04 bits per heavy atom. The average molecular weight is 332 g/mol. The lowest BCUT2D eigenvalue weighted by molar-refractivity contribution is 0.478. The van der Waals surface area contributed by atoms with Crippen LogP contribution in [0.5, 0.6) is 0 Å². The minimum absolute atomic E-state index is 0.000903. The van der Waals surface area contributed by atoms with Crippen molar-refractivity contribution in [2.75, 3.05) is 5.32 Å². The predicted octanol–water partition coefficient (Wildman–Crippen LogP) is 1.96. The van der Waals surface area contributed by atoms with E-state index >= 15 is 0 Å². The van der Waals surface area contributed by atoms with Gasteiger partial charge in [-0.25, -0.2) is 4.39 Å². The monoisotopic (exact) mass is 332 g/mol. The first-order valence-electron chi connectivity index (χ1n) is 7.09. The number of nitrogens with zero attached hydrogens (tertiary/aromatic N) is 3. The van der Waals surface area contributed by atoms with Gasteiger partial charge in [0.1, 0.15) is 11.2 Å². The van der Waals surface area contributed by atoms with Crippen molar-refractivity contribution in [2.24, 2.45) is 14.1 Å². The molecule has 2 aromatic heterocycles. The van der Waals surface area contributed by atoms with E-state index in [4.69, 9.17) is 0 Å². The van der Waals surface area contributed by atoms with Gasteiger partial charge in [-0.15, -0.1) is 0 Å². The molecule has 0 spiro atoms. The number of halogens is 2. The number of fused-ring (bicyclic) bond motifs is 1. The molecule has 1 aromatic carbocycles. The fourth-order valence-corrected chi connectivity index (χ4v) is 2.41. The third-order valence-corrected chi connectivity index (χ3v) is 3.80. The van der Waals surface area contributed by atoms with Gasteiger partial charge < -0.3 is 5.32 Å². The van der Waals surface area contributed by atoms with Crippen LogP contribution in [0.15, 0.2) is 33.9 Å². The van der Waals surface area contributed by atoms with Crippen molar-refractivity contribution in [1.29, 1.82) is 0 Å². The van der Waals surface area contributed by atoms with Crippen LogP contribution in [0.4, 0.5) is 20.2 Å². The maximum Gasteiger partial charge on any atom is 0.293 e. The van der Waals surface area contributed by atoms with Gasteiger partial charge in [-0.2, -0.15) is 9.37 Å². The molecule has 0 aliphatic carbocycles. The van der Waals surface area contributed by atoms with E-state index in [0.717, 1.165) is 20.8 Å². The second-order valence-electron chi connectivity index (χ2n) is 5.51. The molecule has 0 amide bonds. The highest BCUT2D eigenvalue weighted by Gasteiger charge is 2.16. The molecular weight excluding hydrogens is 318 g/mol. The second-order valence-corrected chi connectivity index (χ2v) is 5.51. The molecule has 0 aliphatic heterocycles. The number of nitrogens with one attached hydrogen (secondary N) is 1. The highest BCUT2D eigenvalue weighted by Crippen LogP contribution is 2.24. The zero-order chi connectivity index (χ0) is 17.6. The molecule has 0 bridgehead atoms. The molecule has 0 saturated carbocycles. The summed E-state index contributed by atoms with van der Waals surface area (Å²) in [6.45, 7) is 1.74. The van der Waals surface area contributed by atoms with Gasteiger partial charge in [0.25, 0.3) is 17.2 Å². The molecule has 0 aliphatic rings. The van der Waals surface area contributed by atoms with Crippen molar-refractivity contribution < 1.29 is 8.78 Å². The predicted molar refractivity (Wildman–Crippen MR) is 86.6 cm³/mol. The summed E-state index contributed by atoms with van der Waals surface area (Å²) in [5, 5.41) is 2.73. The minimum atomic E-state index is -1.01. The molecule has 24 heavy (non-hydrogen) atoms. The van der Waals surface area contributed by atoms with E-state index in [-0.39, 0.29) is 22.4 Å². The Morgan fingerprint density at radius 3 is 2.42 bits per heavy atom. The molecular formula is C16H14F2N4O2. The standard InChI is InChI=1S/C16H14F2N4O2/c1-8-4-5-10(9(17)6-8)19-11-7-12(23)21(2)14-13(11)15(24)22(3)16(18)20-14/h4-7,19H,1-3H3. The van der Waals surface area contributed by atoms with Gasteiger partial charge >= 0.3 is 0 Å². The van der Waals surface area contributed by atoms with Crippen LogP contribution in [-0.4, -0.2) is 14.1 Å². The molecule has 124 valence electrons. The molecule has 1 N–H and O–H groups in total. The van der Waals surface area contributed by atoms with Gasteiger partial charge in [-0.1, -0.05) is 6.07 Å². The maximum absolute atomic E-state index is 14.1. The summed E-state index contributed by atoms with van der Waals surface area (Å²) in [5.74, 6) is -0.532. The van der Waals surface area contributed by atoms with Crippen LogP contribution >= 0.6 is 0 Å². The molecule has 0 unspecified atom stereocenters. The SMILES string of the molecule is Cc1ccc(Nc2cc(=O)n(C)c3nc(F)n(C)c(=O)c23)c(F)c1. The first-order chi connectivity index (χ1) is 11.3. The van der Waals surface area contributed by atoms with Crippen molar-refractivity contribution >= 4 is 22.4 Å². The molecule has 6 nitrogen and oxygen atoms in total. The lowest BCUT2D eigenvalue weighted by Crippen LogP contribution is -2.27. The molecule has 0 atom stereocenters. The number of aryl methyl sites for hydroxylation is 2. The number of benzene rings is 1. The van der Waals surface area contributed by atoms with E-state index in [1.807, 2.05) is 0 Å². The van der Waals surface area contributed by atoms with Crippen LogP contribution in [0.25, 0.3) is 11.0 Å². The quantitative estimate of drug-likeness (QED) is 0.729. The Bertz CT molecular complexity index is 1090. The Kier molecular flexibility index (Phi) is 3.67. The Balaban J connectivity index is 2.32. The second kappa shape index (κ2) is 5.55. The topological polar surface area (TPSA) is 68.9 Å². The van der Waals surface area contributed by atoms with Gasteiger partial charge in [0.15, 0.2) is 5.65 Å². The number of anilines is 2. The Morgan fingerprint density at radius 2 is 1.75 bits per heavy atom. The Labute approximate surface area is 135 Å². The van der Waals surface area contributed by atoms with Crippen molar-refractivity contribution in [3.63, 3.8) is 0 Å². The summed E-state index contributed by atoms with van der Waals surface area (Å²) < 4.78 is 29.6. The lowest BCUT2D eigenvalue weighted by Gasteiger charge is -2.13. The summed E-state index contributed by atoms with van der Waals surface area (Å²) in [6.07, 6.45) is -1.01. The normalized spacial score (nSPS) is 11.0. The van der Waals surface area contributed by atoms with Crippen molar-refractivity contribution in [3.8, 4) is 0 Å². The number of hydrogen-bond donors (Lipinski definition) is 1. The molecule has 2 heterocycles. The first-order valence-corrected chi connectivity index (χ1v) is 7.09. The van der Waals surface area contributed by atoms with Gasteiger partial charge in [0.05, 0.1) is 11.4 Å². The number of aromatic nitrogens is 3. The highest BCUT2D eigenvalue weighted by molar-refractivity contribution is 5.90. The van der Waals surface area contributed by atoms with Gasteiger partial charge in [0, 0.05) is 20.2 Å². The fraction of sp³-hybridized carbons (Fsp3) is 0.188. The molecule has 8 heteroatoms. The van der Waals surface area contributed by atoms with Crippen LogP contribution in [0.2, 0.25) is 0 Å². The van der Waals surface area contributed by atoms with Crippen LogP contribution in [0, 0.1) is 18.8 Å². The van der Waals surface area contributed by atoms with Gasteiger partial charge in [-0.3, -0.25) is 18.7 Å². The summed E-state index contributed by atoms with van der Waals surface area (Å²) in [4.78, 5) is 28.1. The van der Waals surface area contributed by atoms with Crippen LogP contribution in [-0.2, 0) is 14.1 Å². The van der Waals surface area contributed by atoms with Crippen molar-refractivity contribution in [2.45, 2.75) is 6.92 Å². The number of pyridine rings is 1. The highest BCUT2D eigenvalue weighted by atomic mass is 19.1. The van der Waals surface area contributed by atoms with Crippen molar-refractivity contribution in [3.05, 3.63) is 62.4 Å². The van der Waals surface area contributed by atoms with E-state index < -0.39 is 23.0 Å². The number of rotatable bonds is 2. The van der Waals surface area contributed by atoms with Crippen LogP contribution in [0.1, 0.15) is 5.56 Å². The average Bonchev–Trinajstić information content (AvgIpc) is 2.52. The largest absolute Gasteiger partial charge is 0.352 e. The van der Waals surface area contributed by atoms with Crippen LogP contribution < -0.4 is 16.4 Å². The Hall–Kier alpha value is -3.03. The minimum Gasteiger partial charge on any atom is -0.352 e. The molecule has 0 fully saturated rings. The van der Waals surface area contributed by atoms with Crippen LogP contribution in [0.3, 0.4) is 0 Å². The molecule has 0 saturated heterocycles. The summed E-state index contributed by atoms with van der Waals surface area (Å²) in [6, 6.07) is 5.66. The summed E-state index contributed by atoms with van der Waals surface area (Å²) >= 11 is 0. The molecule has 0 radical (unpaired) electrons. The summed E-state index contributed by atoms with van der Waals surface area (Å²) in [5.41, 5.74) is -0.393. The van der Waals surface area contributed by atoms with E-state index in [1.54, 1.807) is 13.0 Å². The maximum atomic E-state index is 14.1.